The molecule has 0 aromatic rings. The van der Waals surface area contributed by atoms with E-state index in [4.69, 9.17) is 5.11 Å². The van der Waals surface area contributed by atoms with Gasteiger partial charge in [0, 0.05) is 6.42 Å². The van der Waals surface area contributed by atoms with E-state index >= 15 is 0 Å². The summed E-state index contributed by atoms with van der Waals surface area (Å²) in [6.45, 7) is 4.69. The van der Waals surface area contributed by atoms with Crippen molar-refractivity contribution < 1.29 is 14.7 Å². The van der Waals surface area contributed by atoms with Gasteiger partial charge in [-0.05, 0) is 6.08 Å². The molecule has 10 heavy (non-hydrogen) atoms. The highest BCUT2D eigenvalue weighted by atomic mass is 16.4. The number of aliphatic carboxylic acids is 1. The van der Waals surface area contributed by atoms with Crippen molar-refractivity contribution in [1.82, 2.24) is 0 Å². The maximum absolute atomic E-state index is 9.47. The van der Waals surface area contributed by atoms with Crippen LogP contribution in [0.4, 0.5) is 0 Å². The van der Waals surface area contributed by atoms with Gasteiger partial charge in [-0.15, -0.1) is 0 Å². The Labute approximate surface area is 59.3 Å². The molecule has 0 aromatic heterocycles. The first-order valence-electron chi connectivity index (χ1n) is 2.68. The monoisotopic (exact) mass is 145 g/mol. The second-order valence-electron chi connectivity index (χ2n) is 1.35. The van der Waals surface area contributed by atoms with Crippen LogP contribution in [0.2, 0.25) is 0 Å². The molecular formula is C6H11NO3. The molecule has 1 amide bonds. The highest BCUT2D eigenvalue weighted by Crippen LogP contribution is 1.67. The molecule has 3 N–H and O–H groups in total. The molecule has 0 fully saturated rings. The van der Waals surface area contributed by atoms with Gasteiger partial charge in [0.1, 0.15) is 0 Å². The van der Waals surface area contributed by atoms with Gasteiger partial charge in [0.25, 0.3) is 0 Å². The predicted octanol–water partition coefficient (Wildman–Crippen LogP) is 0.139. The number of carbonyl (C=O) groups is 2. The topological polar surface area (TPSA) is 80.4 Å². The Balaban J connectivity index is 0. The molecule has 0 atom stereocenters. The Morgan fingerprint density at radius 1 is 1.70 bits per heavy atom. The second kappa shape index (κ2) is 7.68. The summed E-state index contributed by atoms with van der Waals surface area (Å²) in [5.74, 6) is -1.23. The van der Waals surface area contributed by atoms with Gasteiger partial charge < -0.3 is 10.8 Å². The zero-order chi connectivity index (χ0) is 8.57. The molecule has 0 aliphatic heterocycles. The van der Waals surface area contributed by atoms with Crippen LogP contribution in [-0.4, -0.2) is 17.0 Å². The fourth-order valence-electron chi connectivity index (χ4n) is 0. The number of carbonyl (C=O) groups excluding carboxylic acids is 1. The van der Waals surface area contributed by atoms with Gasteiger partial charge in [0.15, 0.2) is 0 Å². The fraction of sp³-hybridized carbons (Fsp3) is 0.333. The van der Waals surface area contributed by atoms with Gasteiger partial charge in [-0.3, -0.25) is 9.59 Å². The lowest BCUT2D eigenvalue weighted by molar-refractivity contribution is -0.136. The summed E-state index contributed by atoms with van der Waals surface area (Å²) < 4.78 is 0. The summed E-state index contributed by atoms with van der Waals surface area (Å²) in [7, 11) is 0. The third kappa shape index (κ3) is 30.0. The molecule has 4 heteroatoms. The van der Waals surface area contributed by atoms with Crippen molar-refractivity contribution in [2.75, 3.05) is 0 Å². The number of carboxylic acids is 1. The van der Waals surface area contributed by atoms with Crippen LogP contribution in [-0.2, 0) is 9.59 Å². The highest BCUT2D eigenvalue weighted by Gasteiger charge is 1.80. The standard InChI is InChI=1S/C3H5NO.C3H6O2/c2*1-2-3(4)5/h2H,1H2,(H2,4,5);2H2,1H3,(H,4,5). The summed E-state index contributed by atoms with van der Waals surface area (Å²) >= 11 is 0. The zero-order valence-corrected chi connectivity index (χ0v) is 5.83. The van der Waals surface area contributed by atoms with E-state index in [1.807, 2.05) is 0 Å². The van der Waals surface area contributed by atoms with Gasteiger partial charge in [-0.1, -0.05) is 13.5 Å². The van der Waals surface area contributed by atoms with Gasteiger partial charge >= 0.3 is 5.97 Å². The Bertz CT molecular complexity index is 131. The first-order valence-corrected chi connectivity index (χ1v) is 2.68. The van der Waals surface area contributed by atoms with E-state index in [2.05, 4.69) is 12.3 Å². The molecule has 0 spiro atoms. The average molecular weight is 145 g/mol. The first-order chi connectivity index (χ1) is 4.54. The van der Waals surface area contributed by atoms with Gasteiger partial charge in [0.05, 0.1) is 0 Å². The van der Waals surface area contributed by atoms with Gasteiger partial charge in [-0.25, -0.2) is 0 Å². The van der Waals surface area contributed by atoms with Crippen molar-refractivity contribution in [3.05, 3.63) is 12.7 Å². The van der Waals surface area contributed by atoms with E-state index in [0.29, 0.717) is 0 Å². The SMILES string of the molecule is C=CC(N)=O.CCC(=O)O. The van der Waals surface area contributed by atoms with E-state index in [9.17, 15) is 9.59 Å². The smallest absolute Gasteiger partial charge is 0.303 e. The molecule has 0 aliphatic rings. The lowest BCUT2D eigenvalue weighted by atomic mass is 10.5. The fourth-order valence-corrected chi connectivity index (χ4v) is 0. The van der Waals surface area contributed by atoms with Crippen molar-refractivity contribution in [2.24, 2.45) is 5.73 Å². The van der Waals surface area contributed by atoms with Crippen molar-refractivity contribution in [3.63, 3.8) is 0 Å². The number of carboxylic acid groups (broad SMARTS) is 1. The minimum absolute atomic E-state index is 0.222. The molecule has 0 radical (unpaired) electrons. The van der Waals surface area contributed by atoms with Crippen LogP contribution in [0.15, 0.2) is 12.7 Å². The quantitative estimate of drug-likeness (QED) is 0.542. The van der Waals surface area contributed by atoms with E-state index in [-0.39, 0.29) is 6.42 Å². The van der Waals surface area contributed by atoms with Crippen LogP contribution in [0.5, 0.6) is 0 Å². The van der Waals surface area contributed by atoms with E-state index in [1.165, 1.54) is 0 Å². The summed E-state index contributed by atoms with van der Waals surface area (Å²) in [6.07, 6.45) is 1.28. The van der Waals surface area contributed by atoms with Crippen LogP contribution in [0, 0.1) is 0 Å². The molecule has 0 saturated heterocycles. The maximum atomic E-state index is 9.47. The lowest BCUT2D eigenvalue weighted by Gasteiger charge is -1.71. The van der Waals surface area contributed by atoms with Crippen LogP contribution in [0.25, 0.3) is 0 Å². The van der Waals surface area contributed by atoms with Crippen LogP contribution in [0.1, 0.15) is 13.3 Å². The molecule has 0 heterocycles. The number of amides is 1. The van der Waals surface area contributed by atoms with Gasteiger partial charge in [0.2, 0.25) is 5.91 Å². The summed E-state index contributed by atoms with van der Waals surface area (Å²) in [5, 5.41) is 7.72. The number of hydrogen-bond acceptors (Lipinski definition) is 2. The molecule has 4 nitrogen and oxygen atoms in total. The Morgan fingerprint density at radius 3 is 1.90 bits per heavy atom. The third-order valence-electron chi connectivity index (χ3n) is 0.504. The van der Waals surface area contributed by atoms with Crippen molar-refractivity contribution in [1.29, 1.82) is 0 Å². The minimum Gasteiger partial charge on any atom is -0.481 e. The molecule has 0 aromatic carbocycles. The molecule has 0 rings (SSSR count). The largest absolute Gasteiger partial charge is 0.481 e. The number of nitrogens with two attached hydrogens (primary N) is 1. The van der Waals surface area contributed by atoms with Crippen molar-refractivity contribution >= 4 is 11.9 Å². The minimum atomic E-state index is -0.745. The van der Waals surface area contributed by atoms with E-state index < -0.39 is 11.9 Å². The molecule has 0 aliphatic carbocycles. The number of rotatable bonds is 2. The molecule has 0 unspecified atom stereocenters. The van der Waals surface area contributed by atoms with E-state index in [1.54, 1.807) is 6.92 Å². The molecule has 0 saturated carbocycles. The van der Waals surface area contributed by atoms with Crippen molar-refractivity contribution in [2.45, 2.75) is 13.3 Å². The highest BCUT2D eigenvalue weighted by molar-refractivity contribution is 5.84. The molecule has 58 valence electrons. The Kier molecular flexibility index (Phi) is 8.81. The van der Waals surface area contributed by atoms with Crippen molar-refractivity contribution in [3.8, 4) is 0 Å². The number of hydrogen-bond donors (Lipinski definition) is 2. The number of primary amides is 1. The zero-order valence-electron chi connectivity index (χ0n) is 5.83. The summed E-state index contributed by atoms with van der Waals surface area (Å²) in [4.78, 5) is 18.8. The molecule has 0 bridgehead atoms. The van der Waals surface area contributed by atoms with Gasteiger partial charge in [-0.2, -0.15) is 0 Å². The third-order valence-corrected chi connectivity index (χ3v) is 0.504. The summed E-state index contributed by atoms with van der Waals surface area (Å²) in [5.41, 5.74) is 4.53. The normalized spacial score (nSPS) is 6.90. The first kappa shape index (κ1) is 11.5. The maximum Gasteiger partial charge on any atom is 0.303 e. The average Bonchev–Trinajstić information content (AvgIpc) is 1.89. The molecular weight excluding hydrogens is 134 g/mol. The predicted molar refractivity (Wildman–Crippen MR) is 37.3 cm³/mol. The Hall–Kier alpha value is -1.32. The van der Waals surface area contributed by atoms with Crippen LogP contribution >= 0.6 is 0 Å². The van der Waals surface area contributed by atoms with Crippen LogP contribution < -0.4 is 5.73 Å². The second-order valence-corrected chi connectivity index (χ2v) is 1.35. The summed E-state index contributed by atoms with van der Waals surface area (Å²) in [6, 6.07) is 0. The van der Waals surface area contributed by atoms with Crippen LogP contribution in [0.3, 0.4) is 0 Å². The lowest BCUT2D eigenvalue weighted by Crippen LogP contribution is -2.04. The van der Waals surface area contributed by atoms with E-state index in [0.717, 1.165) is 6.08 Å². The Morgan fingerprint density at radius 2 is 1.90 bits per heavy atom.